The molecule has 2 nitrogen and oxygen atoms in total. The molecule has 0 bridgehead atoms. The maximum Gasteiger partial charge on any atom is 0.129 e. The second-order valence-corrected chi connectivity index (χ2v) is 4.58. The third kappa shape index (κ3) is 2.68. The van der Waals surface area contributed by atoms with E-state index in [9.17, 15) is 4.39 Å². The molecule has 0 amide bonds. The van der Waals surface area contributed by atoms with Crippen LogP contribution in [0.15, 0.2) is 36.5 Å². The van der Waals surface area contributed by atoms with Gasteiger partial charge < -0.3 is 5.32 Å². The number of pyridine rings is 1. The molecule has 94 valence electrons. The first-order valence-electron chi connectivity index (χ1n) is 5.66. The smallest absolute Gasteiger partial charge is 0.129 e. The molecule has 1 heterocycles. The van der Waals surface area contributed by atoms with Crippen LogP contribution in [0, 0.1) is 12.7 Å². The molecule has 1 N–H and O–H groups in total. The van der Waals surface area contributed by atoms with Crippen molar-refractivity contribution in [3.63, 3.8) is 0 Å². The number of nitrogens with one attached hydrogen (secondary N) is 1. The van der Waals surface area contributed by atoms with Gasteiger partial charge in [0.05, 0.1) is 11.7 Å². The van der Waals surface area contributed by atoms with Crippen molar-refractivity contribution in [2.45, 2.75) is 13.0 Å². The van der Waals surface area contributed by atoms with Crippen molar-refractivity contribution in [2.24, 2.45) is 0 Å². The van der Waals surface area contributed by atoms with Crippen LogP contribution in [-0.2, 0) is 0 Å². The summed E-state index contributed by atoms with van der Waals surface area (Å²) in [6.45, 7) is 1.98. The number of hydrogen-bond acceptors (Lipinski definition) is 2. The molecular weight excluding hydrogens is 251 g/mol. The van der Waals surface area contributed by atoms with E-state index in [1.165, 1.54) is 6.07 Å². The molecule has 1 aromatic heterocycles. The van der Waals surface area contributed by atoms with Crippen LogP contribution in [0.25, 0.3) is 0 Å². The van der Waals surface area contributed by atoms with Crippen molar-refractivity contribution in [3.05, 3.63) is 64.2 Å². The molecule has 1 aromatic carbocycles. The SMILES string of the molecule is CNC(c1cc(C)ccn1)c1ccc(Cl)cc1F. The third-order valence-corrected chi connectivity index (χ3v) is 3.03. The van der Waals surface area contributed by atoms with Crippen LogP contribution >= 0.6 is 11.6 Å². The van der Waals surface area contributed by atoms with Crippen molar-refractivity contribution < 1.29 is 4.39 Å². The van der Waals surface area contributed by atoms with E-state index in [1.807, 2.05) is 19.1 Å². The molecule has 0 saturated heterocycles. The van der Waals surface area contributed by atoms with Gasteiger partial charge in [-0.3, -0.25) is 4.98 Å². The summed E-state index contributed by atoms with van der Waals surface area (Å²) in [6.07, 6.45) is 1.73. The van der Waals surface area contributed by atoms with E-state index in [1.54, 1.807) is 25.4 Å². The highest BCUT2D eigenvalue weighted by Crippen LogP contribution is 2.25. The average Bonchev–Trinajstić information content (AvgIpc) is 2.33. The maximum absolute atomic E-state index is 13.9. The molecule has 0 radical (unpaired) electrons. The number of nitrogens with zero attached hydrogens (tertiary/aromatic N) is 1. The van der Waals surface area contributed by atoms with Crippen molar-refractivity contribution in [1.29, 1.82) is 0 Å². The number of hydrogen-bond donors (Lipinski definition) is 1. The maximum atomic E-state index is 13.9. The van der Waals surface area contributed by atoms with Crippen LogP contribution in [0.5, 0.6) is 0 Å². The minimum Gasteiger partial charge on any atom is -0.308 e. The Morgan fingerprint density at radius 3 is 2.67 bits per heavy atom. The molecule has 0 fully saturated rings. The molecule has 18 heavy (non-hydrogen) atoms. The lowest BCUT2D eigenvalue weighted by Gasteiger charge is -2.17. The minimum absolute atomic E-state index is 0.276. The number of halogens is 2. The van der Waals surface area contributed by atoms with Gasteiger partial charge in [-0.15, -0.1) is 0 Å². The van der Waals surface area contributed by atoms with Gasteiger partial charge in [-0.2, -0.15) is 0 Å². The number of benzene rings is 1. The number of rotatable bonds is 3. The standard InChI is InChI=1S/C14H14ClFN2/c1-9-5-6-18-13(7-9)14(17-2)11-4-3-10(15)8-12(11)16/h3-8,14,17H,1-2H3. The van der Waals surface area contributed by atoms with E-state index in [2.05, 4.69) is 10.3 Å². The Hall–Kier alpha value is -1.45. The van der Waals surface area contributed by atoms with Gasteiger partial charge >= 0.3 is 0 Å². The fraction of sp³-hybridized carbons (Fsp3) is 0.214. The van der Waals surface area contributed by atoms with Gasteiger partial charge in [0.25, 0.3) is 0 Å². The highest BCUT2D eigenvalue weighted by Gasteiger charge is 2.17. The second-order valence-electron chi connectivity index (χ2n) is 4.15. The summed E-state index contributed by atoms with van der Waals surface area (Å²) in [5, 5.41) is 3.47. The van der Waals surface area contributed by atoms with Crippen molar-refractivity contribution in [1.82, 2.24) is 10.3 Å². The van der Waals surface area contributed by atoms with Crippen molar-refractivity contribution in [3.8, 4) is 0 Å². The van der Waals surface area contributed by atoms with E-state index in [4.69, 9.17) is 11.6 Å². The van der Waals surface area contributed by atoms with E-state index in [-0.39, 0.29) is 11.9 Å². The van der Waals surface area contributed by atoms with Gasteiger partial charge in [-0.05, 0) is 43.8 Å². The molecule has 2 aromatic rings. The second kappa shape index (κ2) is 5.46. The van der Waals surface area contributed by atoms with Crippen LogP contribution < -0.4 is 5.32 Å². The van der Waals surface area contributed by atoms with Crippen LogP contribution in [-0.4, -0.2) is 12.0 Å². The quantitative estimate of drug-likeness (QED) is 0.918. The fourth-order valence-corrected chi connectivity index (χ4v) is 2.07. The predicted molar refractivity (Wildman–Crippen MR) is 71.3 cm³/mol. The summed E-state index contributed by atoms with van der Waals surface area (Å²) in [5.74, 6) is -0.329. The molecule has 4 heteroatoms. The van der Waals surface area contributed by atoms with E-state index >= 15 is 0 Å². The molecule has 0 aliphatic heterocycles. The van der Waals surface area contributed by atoms with Crippen molar-refractivity contribution >= 4 is 11.6 Å². The fourth-order valence-electron chi connectivity index (χ4n) is 1.92. The van der Waals surface area contributed by atoms with Gasteiger partial charge in [0, 0.05) is 16.8 Å². The van der Waals surface area contributed by atoms with Crippen LogP contribution in [0.2, 0.25) is 5.02 Å². The molecule has 2 rings (SSSR count). The van der Waals surface area contributed by atoms with E-state index in [0.717, 1.165) is 11.3 Å². The first-order chi connectivity index (χ1) is 8.61. The predicted octanol–water partition coefficient (Wildman–Crippen LogP) is 3.49. The van der Waals surface area contributed by atoms with Gasteiger partial charge in [-0.1, -0.05) is 17.7 Å². The van der Waals surface area contributed by atoms with Gasteiger partial charge in [-0.25, -0.2) is 4.39 Å². The summed E-state index contributed by atoms with van der Waals surface area (Å²) >= 11 is 5.76. The van der Waals surface area contributed by atoms with E-state index in [0.29, 0.717) is 10.6 Å². The topological polar surface area (TPSA) is 24.9 Å². The molecule has 0 spiro atoms. The summed E-state index contributed by atoms with van der Waals surface area (Å²) in [5.41, 5.74) is 2.42. The summed E-state index contributed by atoms with van der Waals surface area (Å²) in [6, 6.07) is 8.26. The number of aromatic nitrogens is 1. The Labute approximate surface area is 111 Å². The van der Waals surface area contributed by atoms with Crippen molar-refractivity contribution in [2.75, 3.05) is 7.05 Å². The summed E-state index contributed by atoms with van der Waals surface area (Å²) < 4.78 is 13.9. The zero-order valence-corrected chi connectivity index (χ0v) is 11.0. The largest absolute Gasteiger partial charge is 0.308 e. The molecule has 0 aliphatic rings. The van der Waals surface area contributed by atoms with Gasteiger partial charge in [0.1, 0.15) is 5.82 Å². The Morgan fingerprint density at radius 2 is 2.06 bits per heavy atom. The monoisotopic (exact) mass is 264 g/mol. The molecule has 1 atom stereocenters. The molecule has 0 aliphatic carbocycles. The summed E-state index contributed by atoms with van der Waals surface area (Å²) in [7, 11) is 1.78. The van der Waals surface area contributed by atoms with Gasteiger partial charge in [0.15, 0.2) is 0 Å². The Kier molecular flexibility index (Phi) is 3.94. The lowest BCUT2D eigenvalue weighted by molar-refractivity contribution is 0.570. The zero-order valence-electron chi connectivity index (χ0n) is 10.2. The highest BCUT2D eigenvalue weighted by molar-refractivity contribution is 6.30. The zero-order chi connectivity index (χ0) is 13.1. The first kappa shape index (κ1) is 13.0. The lowest BCUT2D eigenvalue weighted by atomic mass is 10.0. The van der Waals surface area contributed by atoms with E-state index < -0.39 is 0 Å². The van der Waals surface area contributed by atoms with Gasteiger partial charge in [0.2, 0.25) is 0 Å². The molecule has 1 unspecified atom stereocenters. The molecular formula is C14H14ClFN2. The Morgan fingerprint density at radius 1 is 1.28 bits per heavy atom. The van der Waals surface area contributed by atoms with Crippen LogP contribution in [0.1, 0.15) is 22.9 Å². The minimum atomic E-state index is -0.329. The Bertz CT molecular complexity index is 557. The van der Waals surface area contributed by atoms with Crippen LogP contribution in [0.3, 0.4) is 0 Å². The Balaban J connectivity index is 2.45. The number of aryl methyl sites for hydroxylation is 1. The third-order valence-electron chi connectivity index (χ3n) is 2.79. The summed E-state index contributed by atoms with van der Waals surface area (Å²) in [4.78, 5) is 4.29. The first-order valence-corrected chi connectivity index (χ1v) is 6.04. The molecule has 0 saturated carbocycles. The van der Waals surface area contributed by atoms with Crippen LogP contribution in [0.4, 0.5) is 4.39 Å². The lowest BCUT2D eigenvalue weighted by Crippen LogP contribution is -2.20. The normalized spacial score (nSPS) is 12.4. The highest BCUT2D eigenvalue weighted by atomic mass is 35.5. The average molecular weight is 265 g/mol.